The number of aliphatic imine (C=N–C) groups is 1. The molecule has 0 spiro atoms. The van der Waals surface area contributed by atoms with E-state index in [0.29, 0.717) is 15.9 Å². The average molecular weight is 284 g/mol. The molecule has 5 nitrogen and oxygen atoms in total. The summed E-state index contributed by atoms with van der Waals surface area (Å²) in [5, 5.41) is 3.29. The predicted molar refractivity (Wildman–Crippen MR) is 80.5 cm³/mol. The number of aryl methyl sites for hydroxylation is 1. The number of carbonyl (C=O) groups is 1. The number of amides is 1. The van der Waals surface area contributed by atoms with Crippen molar-refractivity contribution in [2.24, 2.45) is 12.0 Å². The van der Waals surface area contributed by atoms with Crippen LogP contribution in [0.5, 0.6) is 0 Å². The Balaban J connectivity index is 1.84. The number of carbonyl (C=O) groups excluding carboxylic acids is 1. The van der Waals surface area contributed by atoms with Crippen LogP contribution in [-0.4, -0.2) is 20.6 Å². The molecule has 3 rings (SSSR count). The summed E-state index contributed by atoms with van der Waals surface area (Å²) in [6, 6.07) is 9.36. The van der Waals surface area contributed by atoms with Gasteiger partial charge in [0.15, 0.2) is 11.0 Å². The second kappa shape index (κ2) is 5.34. The summed E-state index contributed by atoms with van der Waals surface area (Å²) < 4.78 is 1.95. The van der Waals surface area contributed by atoms with Gasteiger partial charge in [-0.15, -0.1) is 0 Å². The van der Waals surface area contributed by atoms with E-state index < -0.39 is 0 Å². The van der Waals surface area contributed by atoms with Crippen molar-refractivity contribution in [3.8, 4) is 0 Å². The number of nitrogens with zero attached hydrogens (tertiary/aromatic N) is 3. The van der Waals surface area contributed by atoms with Crippen LogP contribution in [0.4, 0.5) is 5.82 Å². The number of hydrogen-bond donors (Lipinski definition) is 1. The Morgan fingerprint density at radius 1 is 1.35 bits per heavy atom. The maximum Gasteiger partial charge on any atom is 0.264 e. The van der Waals surface area contributed by atoms with Crippen LogP contribution >= 0.6 is 11.8 Å². The SMILES string of the molecule is Cn1cccc1C=C1SC(=Nc2ccccn2)NC1=O. The van der Waals surface area contributed by atoms with Gasteiger partial charge >= 0.3 is 0 Å². The number of amidine groups is 1. The third kappa shape index (κ3) is 2.65. The van der Waals surface area contributed by atoms with E-state index in [1.54, 1.807) is 12.3 Å². The third-order valence-corrected chi connectivity index (χ3v) is 3.69. The average Bonchev–Trinajstić information content (AvgIpc) is 2.99. The summed E-state index contributed by atoms with van der Waals surface area (Å²) in [6.07, 6.45) is 5.45. The van der Waals surface area contributed by atoms with Crippen LogP contribution in [0, 0.1) is 0 Å². The Kier molecular flexibility index (Phi) is 3.39. The first-order valence-electron chi connectivity index (χ1n) is 6.04. The van der Waals surface area contributed by atoms with Gasteiger partial charge in [0.1, 0.15) is 0 Å². The highest BCUT2D eigenvalue weighted by Crippen LogP contribution is 2.27. The Morgan fingerprint density at radius 3 is 2.95 bits per heavy atom. The van der Waals surface area contributed by atoms with Gasteiger partial charge in [-0.1, -0.05) is 6.07 Å². The predicted octanol–water partition coefficient (Wildman–Crippen LogP) is 2.31. The molecule has 0 aromatic carbocycles. The summed E-state index contributed by atoms with van der Waals surface area (Å²) >= 11 is 1.32. The molecule has 1 saturated heterocycles. The Morgan fingerprint density at radius 2 is 2.25 bits per heavy atom. The van der Waals surface area contributed by atoms with Gasteiger partial charge in [-0.25, -0.2) is 9.98 Å². The molecule has 1 amide bonds. The Bertz CT molecular complexity index is 703. The molecule has 0 saturated carbocycles. The van der Waals surface area contributed by atoms with Gasteiger partial charge in [0, 0.05) is 25.1 Å². The summed E-state index contributed by atoms with van der Waals surface area (Å²) in [6.45, 7) is 0. The fourth-order valence-electron chi connectivity index (χ4n) is 1.76. The lowest BCUT2D eigenvalue weighted by Crippen LogP contribution is -2.19. The van der Waals surface area contributed by atoms with E-state index >= 15 is 0 Å². The minimum Gasteiger partial charge on any atom is -0.351 e. The van der Waals surface area contributed by atoms with Crippen molar-refractivity contribution in [2.45, 2.75) is 0 Å². The van der Waals surface area contributed by atoms with E-state index in [4.69, 9.17) is 0 Å². The minimum absolute atomic E-state index is 0.133. The molecule has 0 aliphatic carbocycles. The molecule has 1 aliphatic rings. The van der Waals surface area contributed by atoms with E-state index in [2.05, 4.69) is 15.3 Å². The van der Waals surface area contributed by atoms with Gasteiger partial charge in [0.2, 0.25) is 0 Å². The van der Waals surface area contributed by atoms with Gasteiger partial charge in [-0.3, -0.25) is 4.79 Å². The van der Waals surface area contributed by atoms with E-state index in [1.807, 2.05) is 48.2 Å². The highest BCUT2D eigenvalue weighted by atomic mass is 32.2. The molecule has 2 aromatic heterocycles. The van der Waals surface area contributed by atoms with Gasteiger partial charge in [0.25, 0.3) is 5.91 Å². The first-order chi connectivity index (χ1) is 9.72. The van der Waals surface area contributed by atoms with Crippen LogP contribution in [0.25, 0.3) is 6.08 Å². The van der Waals surface area contributed by atoms with Crippen LogP contribution < -0.4 is 5.32 Å². The van der Waals surface area contributed by atoms with Crippen LogP contribution in [0.1, 0.15) is 5.69 Å². The molecule has 1 N–H and O–H groups in total. The molecule has 0 atom stereocenters. The molecule has 3 heterocycles. The number of hydrogen-bond acceptors (Lipinski definition) is 4. The molecular formula is C14H12N4OS. The molecular weight excluding hydrogens is 272 g/mol. The lowest BCUT2D eigenvalue weighted by atomic mass is 10.3. The second-order valence-corrected chi connectivity index (χ2v) is 5.24. The van der Waals surface area contributed by atoms with Crippen molar-refractivity contribution in [1.82, 2.24) is 14.9 Å². The summed E-state index contributed by atoms with van der Waals surface area (Å²) in [5.41, 5.74) is 0.974. The maximum absolute atomic E-state index is 11.9. The van der Waals surface area contributed by atoms with E-state index in [9.17, 15) is 4.79 Å². The molecule has 1 fully saturated rings. The Labute approximate surface area is 120 Å². The second-order valence-electron chi connectivity index (χ2n) is 4.21. The number of pyridine rings is 1. The van der Waals surface area contributed by atoms with Gasteiger partial charge in [-0.2, -0.15) is 0 Å². The highest BCUT2D eigenvalue weighted by Gasteiger charge is 2.24. The molecule has 6 heteroatoms. The topological polar surface area (TPSA) is 59.3 Å². The van der Waals surface area contributed by atoms with Crippen molar-refractivity contribution >= 4 is 34.7 Å². The molecule has 0 radical (unpaired) electrons. The van der Waals surface area contributed by atoms with Gasteiger partial charge in [0.05, 0.1) is 4.91 Å². The smallest absolute Gasteiger partial charge is 0.264 e. The number of nitrogens with one attached hydrogen (secondary N) is 1. The molecule has 0 bridgehead atoms. The van der Waals surface area contributed by atoms with Crippen molar-refractivity contribution in [3.63, 3.8) is 0 Å². The van der Waals surface area contributed by atoms with E-state index in [-0.39, 0.29) is 5.91 Å². The normalized spacial score (nSPS) is 18.8. The first-order valence-corrected chi connectivity index (χ1v) is 6.86. The lowest BCUT2D eigenvalue weighted by Gasteiger charge is -1.96. The van der Waals surface area contributed by atoms with Crippen molar-refractivity contribution in [1.29, 1.82) is 0 Å². The zero-order chi connectivity index (χ0) is 13.9. The fourth-order valence-corrected chi connectivity index (χ4v) is 2.58. The third-order valence-electron chi connectivity index (χ3n) is 2.78. The number of rotatable bonds is 2. The quantitative estimate of drug-likeness (QED) is 0.861. The van der Waals surface area contributed by atoms with Gasteiger partial charge < -0.3 is 9.88 Å². The van der Waals surface area contributed by atoms with Gasteiger partial charge in [-0.05, 0) is 42.1 Å². The number of thioether (sulfide) groups is 1. The standard InChI is InChI=1S/C14H12N4OS/c1-18-8-4-5-10(18)9-11-13(19)17-14(20-11)16-12-6-2-3-7-15-12/h2-9H,1H3,(H,15,16,17,19). The van der Waals surface area contributed by atoms with E-state index in [1.165, 1.54) is 11.8 Å². The maximum atomic E-state index is 11.9. The highest BCUT2D eigenvalue weighted by molar-refractivity contribution is 8.18. The molecule has 2 aromatic rings. The van der Waals surface area contributed by atoms with E-state index in [0.717, 1.165) is 5.69 Å². The zero-order valence-electron chi connectivity index (χ0n) is 10.8. The monoisotopic (exact) mass is 284 g/mol. The molecule has 20 heavy (non-hydrogen) atoms. The minimum atomic E-state index is -0.133. The summed E-state index contributed by atoms with van der Waals surface area (Å²) in [7, 11) is 1.94. The zero-order valence-corrected chi connectivity index (χ0v) is 11.6. The Hall–Kier alpha value is -2.34. The first kappa shape index (κ1) is 12.7. The molecule has 1 aliphatic heterocycles. The summed E-state index contributed by atoms with van der Waals surface area (Å²) in [4.78, 5) is 20.9. The molecule has 100 valence electrons. The lowest BCUT2D eigenvalue weighted by molar-refractivity contribution is -0.115. The largest absolute Gasteiger partial charge is 0.351 e. The van der Waals surface area contributed by atoms with Crippen molar-refractivity contribution in [2.75, 3.05) is 0 Å². The van der Waals surface area contributed by atoms with Crippen LogP contribution in [0.2, 0.25) is 0 Å². The molecule has 0 unspecified atom stereocenters. The summed E-state index contributed by atoms with van der Waals surface area (Å²) in [5.74, 6) is 0.446. The fraction of sp³-hybridized carbons (Fsp3) is 0.0714. The van der Waals surface area contributed by atoms with Crippen LogP contribution in [0.3, 0.4) is 0 Å². The van der Waals surface area contributed by atoms with Crippen molar-refractivity contribution < 1.29 is 4.79 Å². The number of aromatic nitrogens is 2. The van der Waals surface area contributed by atoms with Crippen LogP contribution in [-0.2, 0) is 11.8 Å². The van der Waals surface area contributed by atoms with Crippen LogP contribution in [0.15, 0.2) is 52.6 Å². The van der Waals surface area contributed by atoms with Crippen molar-refractivity contribution in [3.05, 3.63) is 53.3 Å².